The summed E-state index contributed by atoms with van der Waals surface area (Å²) in [6.07, 6.45) is 0. The molecular weight excluding hydrogens is 184 g/mol. The molecule has 0 saturated heterocycles. The van der Waals surface area contributed by atoms with Gasteiger partial charge in [-0.3, -0.25) is 0 Å². The minimum Gasteiger partial charge on any atom is -0.384 e. The second kappa shape index (κ2) is 4.97. The predicted octanol–water partition coefficient (Wildman–Crippen LogP) is 2.40. The van der Waals surface area contributed by atoms with Crippen LogP contribution in [-0.4, -0.2) is 26.5 Å². The molecule has 13 heavy (non-hydrogen) atoms. The van der Waals surface area contributed by atoms with E-state index in [4.69, 9.17) is 11.6 Å². The van der Waals surface area contributed by atoms with Crippen molar-refractivity contribution in [3.8, 4) is 0 Å². The fourth-order valence-corrected chi connectivity index (χ4v) is 1.16. The van der Waals surface area contributed by atoms with Crippen LogP contribution in [0.15, 0.2) is 24.3 Å². The van der Waals surface area contributed by atoms with Crippen LogP contribution in [0.5, 0.6) is 0 Å². The van der Waals surface area contributed by atoms with E-state index >= 15 is 0 Å². The quantitative estimate of drug-likeness (QED) is 0.748. The second-order valence-corrected chi connectivity index (χ2v) is 3.44. The summed E-state index contributed by atoms with van der Waals surface area (Å²) in [5.74, 6) is 0.634. The minimum absolute atomic E-state index is 0.634. The van der Waals surface area contributed by atoms with E-state index in [0.29, 0.717) is 5.88 Å². The summed E-state index contributed by atoms with van der Waals surface area (Å²) in [4.78, 5) is 2.07. The molecule has 3 heteroatoms. The molecule has 0 aliphatic heterocycles. The predicted molar refractivity (Wildman–Crippen MR) is 60.0 cm³/mol. The van der Waals surface area contributed by atoms with Crippen LogP contribution in [0.1, 0.15) is 0 Å². The highest BCUT2D eigenvalue weighted by Crippen LogP contribution is 2.15. The standard InChI is InChI=1S/C10H15ClN2/c1-13(2)10-5-3-9(4-6-10)12-8-7-11/h3-6,12H,7-8H2,1-2H3. The van der Waals surface area contributed by atoms with Gasteiger partial charge in [-0.15, -0.1) is 11.6 Å². The molecule has 1 aromatic carbocycles. The van der Waals surface area contributed by atoms with Crippen molar-refractivity contribution < 1.29 is 0 Å². The van der Waals surface area contributed by atoms with E-state index in [-0.39, 0.29) is 0 Å². The third kappa shape index (κ3) is 3.15. The van der Waals surface area contributed by atoms with Crippen molar-refractivity contribution in [1.82, 2.24) is 0 Å². The van der Waals surface area contributed by atoms with Gasteiger partial charge in [-0.05, 0) is 24.3 Å². The average molecular weight is 199 g/mol. The fraction of sp³-hybridized carbons (Fsp3) is 0.400. The first-order valence-electron chi connectivity index (χ1n) is 4.31. The number of benzene rings is 1. The van der Waals surface area contributed by atoms with Crippen LogP contribution in [0.3, 0.4) is 0 Å². The summed E-state index contributed by atoms with van der Waals surface area (Å²) >= 11 is 5.56. The summed E-state index contributed by atoms with van der Waals surface area (Å²) in [7, 11) is 4.06. The van der Waals surface area contributed by atoms with Crippen LogP contribution >= 0.6 is 11.6 Å². The molecule has 2 nitrogen and oxygen atoms in total. The van der Waals surface area contributed by atoms with E-state index in [9.17, 15) is 0 Å². The molecule has 0 aliphatic carbocycles. The number of anilines is 2. The van der Waals surface area contributed by atoms with Gasteiger partial charge >= 0.3 is 0 Å². The number of hydrogen-bond donors (Lipinski definition) is 1. The number of rotatable bonds is 4. The summed E-state index contributed by atoms with van der Waals surface area (Å²) in [5, 5.41) is 3.21. The molecule has 0 atom stereocenters. The van der Waals surface area contributed by atoms with E-state index < -0.39 is 0 Å². The van der Waals surface area contributed by atoms with E-state index in [2.05, 4.69) is 34.5 Å². The largest absolute Gasteiger partial charge is 0.384 e. The van der Waals surface area contributed by atoms with Gasteiger partial charge in [-0.2, -0.15) is 0 Å². The summed E-state index contributed by atoms with van der Waals surface area (Å²) in [5.41, 5.74) is 2.32. The molecule has 0 fully saturated rings. The van der Waals surface area contributed by atoms with E-state index in [1.807, 2.05) is 14.1 Å². The smallest absolute Gasteiger partial charge is 0.0396 e. The maximum absolute atomic E-state index is 5.56. The van der Waals surface area contributed by atoms with Gasteiger partial charge in [-0.1, -0.05) is 0 Å². The number of nitrogens with zero attached hydrogens (tertiary/aromatic N) is 1. The number of hydrogen-bond acceptors (Lipinski definition) is 2. The highest BCUT2D eigenvalue weighted by molar-refractivity contribution is 6.18. The zero-order valence-electron chi connectivity index (χ0n) is 8.05. The SMILES string of the molecule is CN(C)c1ccc(NCCCl)cc1. The lowest BCUT2D eigenvalue weighted by Gasteiger charge is -2.12. The molecule has 0 bridgehead atoms. The van der Waals surface area contributed by atoms with Crippen molar-refractivity contribution in [2.24, 2.45) is 0 Å². The molecule has 0 aromatic heterocycles. The zero-order valence-corrected chi connectivity index (χ0v) is 8.80. The van der Waals surface area contributed by atoms with Crippen molar-refractivity contribution >= 4 is 23.0 Å². The van der Waals surface area contributed by atoms with E-state index in [0.717, 1.165) is 12.2 Å². The molecule has 1 aromatic rings. The van der Waals surface area contributed by atoms with Gasteiger partial charge in [0.2, 0.25) is 0 Å². The van der Waals surface area contributed by atoms with Crippen molar-refractivity contribution in [3.05, 3.63) is 24.3 Å². The fourth-order valence-electron chi connectivity index (χ4n) is 1.07. The zero-order chi connectivity index (χ0) is 9.68. The third-order valence-corrected chi connectivity index (χ3v) is 2.00. The molecule has 1 N–H and O–H groups in total. The Kier molecular flexibility index (Phi) is 3.90. The molecule has 0 unspecified atom stereocenters. The van der Waals surface area contributed by atoms with Crippen LogP contribution in [-0.2, 0) is 0 Å². The first kappa shape index (κ1) is 10.2. The maximum atomic E-state index is 5.56. The van der Waals surface area contributed by atoms with Crippen molar-refractivity contribution in [2.75, 3.05) is 36.7 Å². The maximum Gasteiger partial charge on any atom is 0.0396 e. The number of halogens is 1. The van der Waals surface area contributed by atoms with Crippen molar-refractivity contribution in [1.29, 1.82) is 0 Å². The Labute approximate surface area is 84.5 Å². The van der Waals surface area contributed by atoms with Gasteiger partial charge in [0.1, 0.15) is 0 Å². The van der Waals surface area contributed by atoms with Gasteiger partial charge in [0.05, 0.1) is 0 Å². The Morgan fingerprint density at radius 3 is 2.31 bits per heavy atom. The van der Waals surface area contributed by atoms with Gasteiger partial charge in [0, 0.05) is 37.9 Å². The molecule has 0 amide bonds. The van der Waals surface area contributed by atoms with Crippen molar-refractivity contribution in [2.45, 2.75) is 0 Å². The molecule has 0 heterocycles. The van der Waals surface area contributed by atoms with E-state index in [1.165, 1.54) is 5.69 Å². The topological polar surface area (TPSA) is 15.3 Å². The lowest BCUT2D eigenvalue weighted by Crippen LogP contribution is -2.08. The number of nitrogens with one attached hydrogen (secondary N) is 1. The van der Waals surface area contributed by atoms with Crippen LogP contribution in [0.2, 0.25) is 0 Å². The molecule has 0 aliphatic rings. The molecule has 0 spiro atoms. The normalized spacial score (nSPS) is 9.77. The van der Waals surface area contributed by atoms with Gasteiger partial charge in [0.25, 0.3) is 0 Å². The molecule has 72 valence electrons. The summed E-state index contributed by atoms with van der Waals surface area (Å²) in [6.45, 7) is 0.808. The van der Waals surface area contributed by atoms with Gasteiger partial charge in [0.15, 0.2) is 0 Å². The summed E-state index contributed by atoms with van der Waals surface area (Å²) in [6, 6.07) is 8.27. The third-order valence-electron chi connectivity index (χ3n) is 1.81. The van der Waals surface area contributed by atoms with Crippen LogP contribution in [0.4, 0.5) is 11.4 Å². The lowest BCUT2D eigenvalue weighted by atomic mass is 10.2. The first-order chi connectivity index (χ1) is 6.24. The first-order valence-corrected chi connectivity index (χ1v) is 4.84. The lowest BCUT2D eigenvalue weighted by molar-refractivity contribution is 1.13. The van der Waals surface area contributed by atoms with Gasteiger partial charge < -0.3 is 10.2 Å². The monoisotopic (exact) mass is 198 g/mol. The molecule has 0 radical (unpaired) electrons. The molecule has 0 saturated carbocycles. The van der Waals surface area contributed by atoms with E-state index in [1.54, 1.807) is 0 Å². The van der Waals surface area contributed by atoms with Crippen LogP contribution in [0.25, 0.3) is 0 Å². The minimum atomic E-state index is 0.634. The summed E-state index contributed by atoms with van der Waals surface area (Å²) < 4.78 is 0. The van der Waals surface area contributed by atoms with Gasteiger partial charge in [-0.25, -0.2) is 0 Å². The second-order valence-electron chi connectivity index (χ2n) is 3.06. The van der Waals surface area contributed by atoms with Crippen molar-refractivity contribution in [3.63, 3.8) is 0 Å². The van der Waals surface area contributed by atoms with Crippen LogP contribution in [0, 0.1) is 0 Å². The Balaban J connectivity index is 2.59. The molecular formula is C10H15ClN2. The Morgan fingerprint density at radius 1 is 1.23 bits per heavy atom. The highest BCUT2D eigenvalue weighted by Gasteiger charge is 1.94. The highest BCUT2D eigenvalue weighted by atomic mass is 35.5. The number of alkyl halides is 1. The average Bonchev–Trinajstić information content (AvgIpc) is 2.15. The Bertz CT molecular complexity index is 244. The van der Waals surface area contributed by atoms with Crippen LogP contribution < -0.4 is 10.2 Å². The Hall–Kier alpha value is -0.890. The Morgan fingerprint density at radius 2 is 1.85 bits per heavy atom. The molecule has 1 rings (SSSR count).